The van der Waals surface area contributed by atoms with Gasteiger partial charge in [0.25, 0.3) is 0 Å². The Balaban J connectivity index is 2.62. The van der Waals surface area contributed by atoms with E-state index in [-0.39, 0.29) is 18.6 Å². The molecular weight excluding hydrogens is 234 g/mol. The lowest BCUT2D eigenvalue weighted by Crippen LogP contribution is -2.40. The molecule has 0 heterocycles. The molecule has 0 saturated heterocycles. The van der Waals surface area contributed by atoms with Crippen LogP contribution in [-0.2, 0) is 9.59 Å². The molecule has 4 unspecified atom stereocenters. The minimum Gasteiger partial charge on any atom is -0.481 e. The van der Waals surface area contributed by atoms with Gasteiger partial charge in [0.15, 0.2) is 0 Å². The molecule has 1 rings (SSSR count). The molecule has 1 aliphatic carbocycles. The number of hydrogen-bond acceptors (Lipinski definition) is 3. The van der Waals surface area contributed by atoms with E-state index in [9.17, 15) is 9.59 Å². The summed E-state index contributed by atoms with van der Waals surface area (Å²) in [5.41, 5.74) is 0. The third-order valence-corrected chi connectivity index (χ3v) is 3.84. The maximum atomic E-state index is 12.1. The van der Waals surface area contributed by atoms with E-state index >= 15 is 0 Å². The molecule has 104 valence electrons. The molecule has 18 heavy (non-hydrogen) atoms. The molecule has 0 aromatic heterocycles. The lowest BCUT2D eigenvalue weighted by atomic mass is 9.95. The molecule has 0 aromatic carbocycles. The zero-order chi connectivity index (χ0) is 13.7. The van der Waals surface area contributed by atoms with E-state index in [1.54, 1.807) is 0 Å². The zero-order valence-corrected chi connectivity index (χ0v) is 11.1. The van der Waals surface area contributed by atoms with E-state index in [2.05, 4.69) is 5.32 Å². The van der Waals surface area contributed by atoms with E-state index < -0.39 is 17.8 Å². The lowest BCUT2D eigenvalue weighted by Gasteiger charge is -2.19. The van der Waals surface area contributed by atoms with Gasteiger partial charge < -0.3 is 15.5 Å². The van der Waals surface area contributed by atoms with E-state index in [1.165, 1.54) is 0 Å². The van der Waals surface area contributed by atoms with Crippen molar-refractivity contribution in [3.05, 3.63) is 0 Å². The zero-order valence-electron chi connectivity index (χ0n) is 11.1. The quantitative estimate of drug-likeness (QED) is 0.663. The number of nitrogens with one attached hydrogen (secondary N) is 1. The van der Waals surface area contributed by atoms with Gasteiger partial charge in [0.05, 0.1) is 11.8 Å². The van der Waals surface area contributed by atoms with Crippen LogP contribution in [0.5, 0.6) is 0 Å². The Bertz CT molecular complexity index is 305. The van der Waals surface area contributed by atoms with Crippen molar-refractivity contribution in [2.75, 3.05) is 6.61 Å². The van der Waals surface area contributed by atoms with E-state index in [1.807, 2.05) is 13.8 Å². The molecule has 1 amide bonds. The number of carbonyl (C=O) groups is 2. The van der Waals surface area contributed by atoms with Gasteiger partial charge in [-0.2, -0.15) is 0 Å². The molecule has 5 nitrogen and oxygen atoms in total. The van der Waals surface area contributed by atoms with Crippen LogP contribution in [0.1, 0.15) is 39.5 Å². The largest absolute Gasteiger partial charge is 0.481 e. The van der Waals surface area contributed by atoms with Crippen LogP contribution in [0.25, 0.3) is 0 Å². The summed E-state index contributed by atoms with van der Waals surface area (Å²) in [5, 5.41) is 20.7. The Morgan fingerprint density at radius 2 is 1.94 bits per heavy atom. The molecule has 4 atom stereocenters. The van der Waals surface area contributed by atoms with Crippen molar-refractivity contribution in [3.8, 4) is 0 Å². The first kappa shape index (κ1) is 15.0. The number of carbonyl (C=O) groups excluding carboxylic acids is 1. The highest BCUT2D eigenvalue weighted by molar-refractivity contribution is 5.85. The van der Waals surface area contributed by atoms with Crippen LogP contribution >= 0.6 is 0 Å². The Morgan fingerprint density at radius 1 is 1.33 bits per heavy atom. The monoisotopic (exact) mass is 257 g/mol. The molecule has 1 saturated carbocycles. The Kier molecular flexibility index (Phi) is 5.59. The van der Waals surface area contributed by atoms with Crippen LogP contribution in [0.2, 0.25) is 0 Å². The molecule has 0 spiro atoms. The summed E-state index contributed by atoms with van der Waals surface area (Å²) in [6, 6.07) is -0.113. The number of aliphatic carboxylic acids is 1. The van der Waals surface area contributed by atoms with Gasteiger partial charge in [0.2, 0.25) is 5.91 Å². The van der Waals surface area contributed by atoms with Crippen LogP contribution in [0.15, 0.2) is 0 Å². The summed E-state index contributed by atoms with van der Waals surface area (Å²) in [5.74, 6) is -1.71. The number of rotatable bonds is 6. The first-order chi connectivity index (χ1) is 8.49. The number of amides is 1. The highest BCUT2D eigenvalue weighted by Gasteiger charge is 2.42. The van der Waals surface area contributed by atoms with Crippen LogP contribution in [-0.4, -0.2) is 34.7 Å². The third-order valence-electron chi connectivity index (χ3n) is 3.84. The van der Waals surface area contributed by atoms with Gasteiger partial charge in [-0.15, -0.1) is 0 Å². The first-order valence-corrected chi connectivity index (χ1v) is 6.63. The number of hydrogen-bond donors (Lipinski definition) is 3. The van der Waals surface area contributed by atoms with Gasteiger partial charge >= 0.3 is 5.97 Å². The van der Waals surface area contributed by atoms with Crippen molar-refractivity contribution in [1.82, 2.24) is 5.32 Å². The van der Waals surface area contributed by atoms with Crippen molar-refractivity contribution < 1.29 is 19.8 Å². The lowest BCUT2D eigenvalue weighted by molar-refractivity contribution is -0.146. The number of carboxylic acid groups (broad SMARTS) is 1. The van der Waals surface area contributed by atoms with Gasteiger partial charge in [0, 0.05) is 12.6 Å². The fourth-order valence-corrected chi connectivity index (χ4v) is 2.65. The molecule has 1 aliphatic rings. The van der Waals surface area contributed by atoms with Gasteiger partial charge in [-0.1, -0.05) is 13.3 Å². The Morgan fingerprint density at radius 3 is 2.44 bits per heavy atom. The number of carboxylic acids is 1. The second-order valence-corrected chi connectivity index (χ2v) is 5.22. The van der Waals surface area contributed by atoms with Crippen LogP contribution < -0.4 is 5.32 Å². The predicted octanol–water partition coefficient (Wildman–Crippen LogP) is 1.01. The minimum atomic E-state index is -0.874. The minimum absolute atomic E-state index is 0.0199. The standard InChI is InChI=1S/C13H23NO4/c1-3-9-6-10(11(7-9)13(17)18)12(16)14-8(2)4-5-15/h8-11,15H,3-7H2,1-2H3,(H,14,16)(H,17,18). The van der Waals surface area contributed by atoms with Gasteiger partial charge in [-0.25, -0.2) is 0 Å². The molecule has 3 N–H and O–H groups in total. The first-order valence-electron chi connectivity index (χ1n) is 6.63. The number of aliphatic hydroxyl groups is 1. The normalized spacial score (nSPS) is 28.9. The van der Waals surface area contributed by atoms with Crippen molar-refractivity contribution in [1.29, 1.82) is 0 Å². The number of aliphatic hydroxyl groups excluding tert-OH is 1. The molecule has 0 bridgehead atoms. The summed E-state index contributed by atoms with van der Waals surface area (Å²) in [6.07, 6.45) is 2.66. The fraction of sp³-hybridized carbons (Fsp3) is 0.846. The summed E-state index contributed by atoms with van der Waals surface area (Å²) in [7, 11) is 0. The van der Waals surface area contributed by atoms with Crippen molar-refractivity contribution in [2.45, 2.75) is 45.6 Å². The SMILES string of the molecule is CCC1CC(C(=O)O)C(C(=O)NC(C)CCO)C1. The molecule has 0 aliphatic heterocycles. The molecule has 1 fully saturated rings. The third kappa shape index (κ3) is 3.70. The van der Waals surface area contributed by atoms with E-state index in [0.717, 1.165) is 6.42 Å². The Labute approximate surface area is 108 Å². The summed E-state index contributed by atoms with van der Waals surface area (Å²) in [6.45, 7) is 3.86. The summed E-state index contributed by atoms with van der Waals surface area (Å²) >= 11 is 0. The average Bonchev–Trinajstić information content (AvgIpc) is 2.73. The van der Waals surface area contributed by atoms with Crippen LogP contribution in [0, 0.1) is 17.8 Å². The maximum absolute atomic E-state index is 12.1. The summed E-state index contributed by atoms with van der Waals surface area (Å²) < 4.78 is 0. The molecular formula is C13H23NO4. The maximum Gasteiger partial charge on any atom is 0.307 e. The second kappa shape index (κ2) is 6.73. The average molecular weight is 257 g/mol. The van der Waals surface area contributed by atoms with E-state index in [0.29, 0.717) is 25.2 Å². The van der Waals surface area contributed by atoms with Gasteiger partial charge in [-0.3, -0.25) is 9.59 Å². The highest BCUT2D eigenvalue weighted by atomic mass is 16.4. The van der Waals surface area contributed by atoms with Crippen LogP contribution in [0.4, 0.5) is 0 Å². The second-order valence-electron chi connectivity index (χ2n) is 5.22. The Hall–Kier alpha value is -1.10. The fourth-order valence-electron chi connectivity index (χ4n) is 2.65. The van der Waals surface area contributed by atoms with Crippen molar-refractivity contribution in [2.24, 2.45) is 17.8 Å². The predicted molar refractivity (Wildman–Crippen MR) is 66.9 cm³/mol. The topological polar surface area (TPSA) is 86.6 Å². The highest BCUT2D eigenvalue weighted by Crippen LogP contribution is 2.38. The smallest absolute Gasteiger partial charge is 0.307 e. The van der Waals surface area contributed by atoms with Crippen molar-refractivity contribution in [3.63, 3.8) is 0 Å². The summed E-state index contributed by atoms with van der Waals surface area (Å²) in [4.78, 5) is 23.2. The molecule has 5 heteroatoms. The molecule has 0 aromatic rings. The van der Waals surface area contributed by atoms with Crippen LogP contribution in [0.3, 0.4) is 0 Å². The van der Waals surface area contributed by atoms with Gasteiger partial charge in [0.1, 0.15) is 0 Å². The van der Waals surface area contributed by atoms with E-state index in [4.69, 9.17) is 10.2 Å². The van der Waals surface area contributed by atoms with Gasteiger partial charge in [-0.05, 0) is 32.1 Å². The molecule has 0 radical (unpaired) electrons. The van der Waals surface area contributed by atoms with Crippen molar-refractivity contribution >= 4 is 11.9 Å².